The Morgan fingerprint density at radius 3 is 2.62 bits per heavy atom. The molecule has 0 bridgehead atoms. The first-order valence-electron chi connectivity index (χ1n) is 4.30. The number of pyridine rings is 1. The molecule has 2 atom stereocenters. The van der Waals surface area contributed by atoms with Gasteiger partial charge >= 0.3 is 0 Å². The Kier molecular flexibility index (Phi) is 2.08. The number of nitrogens with zero attached hydrogens (tertiary/aromatic N) is 1. The topological polar surface area (TPSA) is 30.0 Å². The van der Waals surface area contributed by atoms with Crippen molar-refractivity contribution in [1.29, 1.82) is 0 Å². The normalized spacial score (nSPS) is 32.2. The van der Waals surface area contributed by atoms with E-state index in [1.54, 1.807) is 12.4 Å². The maximum atomic E-state index is 11.0. The summed E-state index contributed by atoms with van der Waals surface area (Å²) in [4.78, 5) is 14.9. The highest BCUT2D eigenvalue weighted by atomic mass is 35.5. The third-order valence-electron chi connectivity index (χ3n) is 2.80. The summed E-state index contributed by atoms with van der Waals surface area (Å²) in [5, 5.41) is -0.0487. The molecule has 2 nitrogen and oxygen atoms in total. The molecule has 1 heterocycles. The standard InChI is InChI=1S/C10H10ClNO/c11-9-1-4-10(9,7-13)8-2-5-12-6-3-8/h2-3,5-7,9H,1,4H2. The van der Waals surface area contributed by atoms with Crippen LogP contribution >= 0.6 is 11.6 Å². The maximum Gasteiger partial charge on any atom is 0.132 e. The second-order valence-corrected chi connectivity index (χ2v) is 3.93. The van der Waals surface area contributed by atoms with Crippen LogP contribution in [0.15, 0.2) is 24.5 Å². The number of alkyl halides is 1. The van der Waals surface area contributed by atoms with E-state index < -0.39 is 5.41 Å². The summed E-state index contributed by atoms with van der Waals surface area (Å²) >= 11 is 6.05. The van der Waals surface area contributed by atoms with Crippen LogP contribution < -0.4 is 0 Å². The molecule has 1 aromatic heterocycles. The van der Waals surface area contributed by atoms with E-state index in [0.717, 1.165) is 24.7 Å². The summed E-state index contributed by atoms with van der Waals surface area (Å²) in [6.45, 7) is 0. The van der Waals surface area contributed by atoms with Gasteiger partial charge in [-0.25, -0.2) is 0 Å². The van der Waals surface area contributed by atoms with Crippen molar-refractivity contribution in [1.82, 2.24) is 4.98 Å². The molecule has 1 fully saturated rings. The summed E-state index contributed by atoms with van der Waals surface area (Å²) in [5.74, 6) is 0. The van der Waals surface area contributed by atoms with Crippen molar-refractivity contribution in [2.45, 2.75) is 23.6 Å². The number of rotatable bonds is 2. The predicted molar refractivity (Wildman–Crippen MR) is 50.9 cm³/mol. The Morgan fingerprint density at radius 1 is 1.54 bits per heavy atom. The molecule has 0 saturated heterocycles. The minimum atomic E-state index is -0.440. The van der Waals surface area contributed by atoms with Crippen LogP contribution in [-0.4, -0.2) is 16.6 Å². The Balaban J connectivity index is 2.38. The van der Waals surface area contributed by atoms with Crippen LogP contribution in [0.25, 0.3) is 0 Å². The molecule has 0 aliphatic heterocycles. The molecule has 1 aromatic rings. The first-order valence-corrected chi connectivity index (χ1v) is 4.74. The van der Waals surface area contributed by atoms with E-state index >= 15 is 0 Å². The minimum Gasteiger partial charge on any atom is -0.302 e. The van der Waals surface area contributed by atoms with Crippen LogP contribution in [0.5, 0.6) is 0 Å². The van der Waals surface area contributed by atoms with E-state index in [-0.39, 0.29) is 5.38 Å². The molecule has 3 heteroatoms. The van der Waals surface area contributed by atoms with Gasteiger partial charge in [0, 0.05) is 17.8 Å². The molecule has 0 aromatic carbocycles. The van der Waals surface area contributed by atoms with Gasteiger partial charge in [-0.2, -0.15) is 0 Å². The van der Waals surface area contributed by atoms with Crippen molar-refractivity contribution in [2.75, 3.05) is 0 Å². The maximum absolute atomic E-state index is 11.0. The Hall–Kier alpha value is -0.890. The van der Waals surface area contributed by atoms with Gasteiger partial charge in [-0.15, -0.1) is 11.6 Å². The zero-order chi connectivity index (χ0) is 9.31. The quantitative estimate of drug-likeness (QED) is 0.533. The lowest BCUT2D eigenvalue weighted by Gasteiger charge is -2.42. The molecule has 68 valence electrons. The highest BCUT2D eigenvalue weighted by Crippen LogP contribution is 2.45. The van der Waals surface area contributed by atoms with Gasteiger partial charge in [0.25, 0.3) is 0 Å². The fraction of sp³-hybridized carbons (Fsp3) is 0.400. The predicted octanol–water partition coefficient (Wildman–Crippen LogP) is 1.92. The minimum absolute atomic E-state index is 0.0487. The monoisotopic (exact) mass is 195 g/mol. The summed E-state index contributed by atoms with van der Waals surface area (Å²) in [6.07, 6.45) is 6.14. The number of hydrogen-bond donors (Lipinski definition) is 0. The van der Waals surface area contributed by atoms with Crippen LogP contribution in [0, 0.1) is 0 Å². The molecule has 2 unspecified atom stereocenters. The van der Waals surface area contributed by atoms with Crippen LogP contribution in [-0.2, 0) is 10.2 Å². The van der Waals surface area contributed by atoms with Gasteiger partial charge in [-0.1, -0.05) is 0 Å². The Morgan fingerprint density at radius 2 is 2.23 bits per heavy atom. The second kappa shape index (κ2) is 3.11. The number of carbonyl (C=O) groups excluding carboxylic acids is 1. The molecule has 1 aliphatic rings. The lowest BCUT2D eigenvalue weighted by Crippen LogP contribution is -2.46. The third-order valence-corrected chi connectivity index (χ3v) is 3.41. The number of carbonyl (C=O) groups is 1. The fourth-order valence-electron chi connectivity index (χ4n) is 1.75. The fourth-order valence-corrected chi connectivity index (χ4v) is 2.15. The van der Waals surface area contributed by atoms with E-state index in [0.29, 0.717) is 0 Å². The van der Waals surface area contributed by atoms with Crippen LogP contribution in [0.2, 0.25) is 0 Å². The first kappa shape index (κ1) is 8.70. The lowest BCUT2D eigenvalue weighted by molar-refractivity contribution is -0.114. The van der Waals surface area contributed by atoms with Crippen molar-refractivity contribution < 1.29 is 4.79 Å². The number of aldehydes is 1. The molecule has 0 spiro atoms. The van der Waals surface area contributed by atoms with E-state index in [1.165, 1.54) is 0 Å². The first-order chi connectivity index (χ1) is 6.29. The number of halogens is 1. The van der Waals surface area contributed by atoms with E-state index in [9.17, 15) is 4.79 Å². The van der Waals surface area contributed by atoms with Crippen molar-refractivity contribution in [3.63, 3.8) is 0 Å². The summed E-state index contributed by atoms with van der Waals surface area (Å²) in [6, 6.07) is 3.73. The highest BCUT2D eigenvalue weighted by Gasteiger charge is 2.47. The van der Waals surface area contributed by atoms with Gasteiger partial charge in [-0.05, 0) is 30.5 Å². The summed E-state index contributed by atoms with van der Waals surface area (Å²) in [7, 11) is 0. The lowest BCUT2D eigenvalue weighted by atomic mass is 9.65. The van der Waals surface area contributed by atoms with Gasteiger partial charge in [0.05, 0.1) is 5.41 Å². The average Bonchev–Trinajstić information content (AvgIpc) is 2.19. The molecule has 0 amide bonds. The van der Waals surface area contributed by atoms with E-state index in [4.69, 9.17) is 11.6 Å². The molecule has 0 N–H and O–H groups in total. The van der Waals surface area contributed by atoms with Crippen molar-refractivity contribution in [3.8, 4) is 0 Å². The molecule has 0 radical (unpaired) electrons. The Bertz CT molecular complexity index is 314. The van der Waals surface area contributed by atoms with Crippen molar-refractivity contribution in [2.24, 2.45) is 0 Å². The smallest absolute Gasteiger partial charge is 0.132 e. The average molecular weight is 196 g/mol. The van der Waals surface area contributed by atoms with Gasteiger partial charge in [-0.3, -0.25) is 4.98 Å². The zero-order valence-electron chi connectivity index (χ0n) is 7.11. The SMILES string of the molecule is O=CC1(c2ccncc2)CCC1Cl. The van der Waals surface area contributed by atoms with Gasteiger partial charge < -0.3 is 4.79 Å². The summed E-state index contributed by atoms with van der Waals surface area (Å²) in [5.41, 5.74) is 0.550. The summed E-state index contributed by atoms with van der Waals surface area (Å²) < 4.78 is 0. The molecular formula is C10H10ClNO. The van der Waals surface area contributed by atoms with Gasteiger partial charge in [0.15, 0.2) is 0 Å². The highest BCUT2D eigenvalue weighted by molar-refractivity contribution is 6.23. The molecular weight excluding hydrogens is 186 g/mol. The molecule has 2 rings (SSSR count). The number of hydrogen-bond acceptors (Lipinski definition) is 2. The number of aromatic nitrogens is 1. The van der Waals surface area contributed by atoms with Gasteiger partial charge in [0.2, 0.25) is 0 Å². The van der Waals surface area contributed by atoms with E-state index in [2.05, 4.69) is 4.98 Å². The van der Waals surface area contributed by atoms with Gasteiger partial charge in [0.1, 0.15) is 6.29 Å². The third kappa shape index (κ3) is 1.17. The van der Waals surface area contributed by atoms with Crippen LogP contribution in [0.3, 0.4) is 0 Å². The van der Waals surface area contributed by atoms with Crippen molar-refractivity contribution >= 4 is 17.9 Å². The Labute approximate surface area is 81.9 Å². The van der Waals surface area contributed by atoms with E-state index in [1.807, 2.05) is 12.1 Å². The largest absolute Gasteiger partial charge is 0.302 e. The second-order valence-electron chi connectivity index (χ2n) is 3.40. The van der Waals surface area contributed by atoms with Crippen molar-refractivity contribution in [3.05, 3.63) is 30.1 Å². The van der Waals surface area contributed by atoms with Crippen LogP contribution in [0.1, 0.15) is 18.4 Å². The molecule has 13 heavy (non-hydrogen) atoms. The molecule has 1 saturated carbocycles. The van der Waals surface area contributed by atoms with Crippen LogP contribution in [0.4, 0.5) is 0 Å². The zero-order valence-corrected chi connectivity index (χ0v) is 7.87. The molecule has 1 aliphatic carbocycles.